The van der Waals surface area contributed by atoms with E-state index in [1.165, 1.54) is 38.5 Å². The van der Waals surface area contributed by atoms with Crippen molar-refractivity contribution >= 4 is 0 Å². The van der Waals surface area contributed by atoms with E-state index in [0.717, 1.165) is 17.8 Å². The fraction of sp³-hybridized carbons (Fsp3) is 0.867. The third-order valence-corrected chi connectivity index (χ3v) is 6.20. The summed E-state index contributed by atoms with van der Waals surface area (Å²) in [4.78, 5) is 4.20. The molecule has 1 heterocycles. The van der Waals surface area contributed by atoms with Gasteiger partial charge in [-0.15, -0.1) is 0 Å². The van der Waals surface area contributed by atoms with Crippen LogP contribution in [0.4, 0.5) is 0 Å². The van der Waals surface area contributed by atoms with Crippen LogP contribution in [0.25, 0.3) is 0 Å². The summed E-state index contributed by atoms with van der Waals surface area (Å²) in [6, 6.07) is 0. The van der Waals surface area contributed by atoms with Gasteiger partial charge in [0.2, 0.25) is 0 Å². The standard InChI is InChI=1S/C15H23N3/c1-11(2)14-4-12-3-13(5-14)7-15(6-12,8-14)18-10-16-9-17-18/h9-13H,3-8H2,1-2H3. The zero-order chi connectivity index (χ0) is 12.4. The van der Waals surface area contributed by atoms with Crippen molar-refractivity contribution in [3.63, 3.8) is 0 Å². The zero-order valence-electron chi connectivity index (χ0n) is 11.5. The normalized spacial score (nSPS) is 45.9. The molecule has 0 saturated heterocycles. The maximum Gasteiger partial charge on any atom is 0.137 e. The van der Waals surface area contributed by atoms with Gasteiger partial charge >= 0.3 is 0 Å². The molecule has 0 spiro atoms. The second-order valence-electron chi connectivity index (χ2n) is 7.54. The number of nitrogens with zero attached hydrogens (tertiary/aromatic N) is 3. The Balaban J connectivity index is 1.79. The van der Waals surface area contributed by atoms with Gasteiger partial charge in [-0.25, -0.2) is 9.67 Å². The summed E-state index contributed by atoms with van der Waals surface area (Å²) in [6.45, 7) is 4.87. The summed E-state index contributed by atoms with van der Waals surface area (Å²) >= 11 is 0. The van der Waals surface area contributed by atoms with Crippen molar-refractivity contribution in [3.8, 4) is 0 Å². The van der Waals surface area contributed by atoms with Crippen LogP contribution < -0.4 is 0 Å². The second kappa shape index (κ2) is 3.37. The van der Waals surface area contributed by atoms with Crippen molar-refractivity contribution in [1.29, 1.82) is 0 Å². The Morgan fingerprint density at radius 3 is 2.44 bits per heavy atom. The van der Waals surface area contributed by atoms with Gasteiger partial charge in [-0.05, 0) is 61.7 Å². The lowest BCUT2D eigenvalue weighted by Gasteiger charge is -2.63. The Morgan fingerprint density at radius 1 is 1.17 bits per heavy atom. The summed E-state index contributed by atoms with van der Waals surface area (Å²) in [5, 5.41) is 4.50. The van der Waals surface area contributed by atoms with Gasteiger partial charge in [0.1, 0.15) is 12.7 Å². The highest BCUT2D eigenvalue weighted by Gasteiger charge is 2.59. The molecule has 98 valence electrons. The van der Waals surface area contributed by atoms with Crippen molar-refractivity contribution in [2.75, 3.05) is 0 Å². The van der Waals surface area contributed by atoms with E-state index in [1.807, 2.05) is 6.33 Å². The average molecular weight is 245 g/mol. The van der Waals surface area contributed by atoms with Crippen LogP contribution in [0.15, 0.2) is 12.7 Å². The van der Waals surface area contributed by atoms with Gasteiger partial charge < -0.3 is 0 Å². The van der Waals surface area contributed by atoms with Crippen LogP contribution in [-0.2, 0) is 5.54 Å². The summed E-state index contributed by atoms with van der Waals surface area (Å²) in [5.74, 6) is 2.70. The number of aromatic nitrogens is 3. The molecular weight excluding hydrogens is 222 g/mol. The third-order valence-electron chi connectivity index (χ3n) is 6.20. The van der Waals surface area contributed by atoms with E-state index in [1.54, 1.807) is 6.33 Å². The Kier molecular flexibility index (Phi) is 2.06. The van der Waals surface area contributed by atoms with Crippen LogP contribution in [0, 0.1) is 23.2 Å². The second-order valence-corrected chi connectivity index (χ2v) is 7.54. The van der Waals surface area contributed by atoms with E-state index in [-0.39, 0.29) is 0 Å². The fourth-order valence-corrected chi connectivity index (χ4v) is 5.68. The highest BCUT2D eigenvalue weighted by molar-refractivity contribution is 5.10. The van der Waals surface area contributed by atoms with Gasteiger partial charge in [0.05, 0.1) is 5.54 Å². The van der Waals surface area contributed by atoms with Crippen LogP contribution in [0.5, 0.6) is 0 Å². The molecule has 2 unspecified atom stereocenters. The first-order chi connectivity index (χ1) is 8.62. The molecule has 18 heavy (non-hydrogen) atoms. The number of hydrogen-bond acceptors (Lipinski definition) is 2. The van der Waals surface area contributed by atoms with E-state index in [0.29, 0.717) is 11.0 Å². The molecule has 1 aromatic heterocycles. The van der Waals surface area contributed by atoms with E-state index in [4.69, 9.17) is 0 Å². The van der Waals surface area contributed by atoms with E-state index < -0.39 is 0 Å². The van der Waals surface area contributed by atoms with Gasteiger partial charge in [-0.1, -0.05) is 13.8 Å². The molecule has 2 atom stereocenters. The molecule has 3 heteroatoms. The average Bonchev–Trinajstić information content (AvgIpc) is 2.80. The first-order valence-corrected chi connectivity index (χ1v) is 7.47. The van der Waals surface area contributed by atoms with Crippen molar-refractivity contribution in [2.45, 2.75) is 57.9 Å². The number of rotatable bonds is 2. The van der Waals surface area contributed by atoms with Gasteiger partial charge in [0.25, 0.3) is 0 Å². The van der Waals surface area contributed by atoms with Gasteiger partial charge in [-0.2, -0.15) is 5.10 Å². The smallest absolute Gasteiger partial charge is 0.137 e. The molecule has 0 radical (unpaired) electrons. The molecule has 4 aliphatic rings. The van der Waals surface area contributed by atoms with Gasteiger partial charge in [0.15, 0.2) is 0 Å². The Hall–Kier alpha value is -0.860. The topological polar surface area (TPSA) is 30.7 Å². The first kappa shape index (κ1) is 11.0. The van der Waals surface area contributed by atoms with Gasteiger partial charge in [-0.3, -0.25) is 0 Å². The Bertz CT molecular complexity index is 434. The fourth-order valence-electron chi connectivity index (χ4n) is 5.68. The van der Waals surface area contributed by atoms with Gasteiger partial charge in [0, 0.05) is 0 Å². The molecule has 1 aromatic rings. The van der Waals surface area contributed by atoms with E-state index >= 15 is 0 Å². The van der Waals surface area contributed by atoms with Crippen LogP contribution in [0.1, 0.15) is 52.4 Å². The molecule has 4 bridgehead atoms. The van der Waals surface area contributed by atoms with Crippen LogP contribution in [0.2, 0.25) is 0 Å². The number of hydrogen-bond donors (Lipinski definition) is 0. The van der Waals surface area contributed by atoms with Crippen molar-refractivity contribution < 1.29 is 0 Å². The minimum absolute atomic E-state index is 0.310. The maximum absolute atomic E-state index is 4.50. The summed E-state index contributed by atoms with van der Waals surface area (Å²) in [7, 11) is 0. The molecule has 3 nitrogen and oxygen atoms in total. The molecule has 0 aromatic carbocycles. The minimum Gasteiger partial charge on any atom is -0.247 e. The minimum atomic E-state index is 0.310. The quantitative estimate of drug-likeness (QED) is 0.801. The molecule has 4 fully saturated rings. The monoisotopic (exact) mass is 245 g/mol. The molecular formula is C15H23N3. The molecule has 0 amide bonds. The summed E-state index contributed by atoms with van der Waals surface area (Å²) in [6.07, 6.45) is 12.1. The molecule has 4 aliphatic carbocycles. The van der Waals surface area contributed by atoms with Crippen molar-refractivity contribution in [1.82, 2.24) is 14.8 Å². The third kappa shape index (κ3) is 1.31. The van der Waals surface area contributed by atoms with E-state index in [2.05, 4.69) is 28.6 Å². The molecule has 0 N–H and O–H groups in total. The predicted molar refractivity (Wildman–Crippen MR) is 69.9 cm³/mol. The molecule has 5 rings (SSSR count). The highest BCUT2D eigenvalue weighted by atomic mass is 15.4. The van der Waals surface area contributed by atoms with Crippen molar-refractivity contribution in [2.24, 2.45) is 23.2 Å². The Labute approximate surface area is 109 Å². The largest absolute Gasteiger partial charge is 0.247 e. The first-order valence-electron chi connectivity index (χ1n) is 7.47. The van der Waals surface area contributed by atoms with Crippen LogP contribution in [0.3, 0.4) is 0 Å². The molecule has 4 saturated carbocycles. The lowest BCUT2D eigenvalue weighted by atomic mass is 9.44. The summed E-state index contributed by atoms with van der Waals surface area (Å²) in [5.41, 5.74) is 0.904. The maximum atomic E-state index is 4.50. The summed E-state index contributed by atoms with van der Waals surface area (Å²) < 4.78 is 2.21. The SMILES string of the molecule is CC(C)C12CC3CC(C1)CC(n1cncn1)(C3)C2. The Morgan fingerprint density at radius 2 is 1.89 bits per heavy atom. The van der Waals surface area contributed by atoms with Crippen molar-refractivity contribution in [3.05, 3.63) is 12.7 Å². The predicted octanol–water partition coefficient (Wildman–Crippen LogP) is 3.23. The van der Waals surface area contributed by atoms with E-state index in [9.17, 15) is 0 Å². The van der Waals surface area contributed by atoms with Crippen LogP contribution in [-0.4, -0.2) is 14.8 Å². The zero-order valence-corrected chi connectivity index (χ0v) is 11.5. The highest BCUT2D eigenvalue weighted by Crippen LogP contribution is 2.66. The lowest BCUT2D eigenvalue weighted by Crippen LogP contribution is -2.58. The lowest BCUT2D eigenvalue weighted by molar-refractivity contribution is -0.126. The molecule has 0 aliphatic heterocycles. The van der Waals surface area contributed by atoms with Crippen LogP contribution >= 0.6 is 0 Å².